The van der Waals surface area contributed by atoms with E-state index in [-0.39, 0.29) is 18.7 Å². The van der Waals surface area contributed by atoms with Gasteiger partial charge in [-0.15, -0.1) is 0 Å². The molecule has 0 aliphatic carbocycles. The third-order valence-corrected chi connectivity index (χ3v) is 5.93. The van der Waals surface area contributed by atoms with Crippen molar-refractivity contribution in [1.29, 1.82) is 0 Å². The highest BCUT2D eigenvalue weighted by atomic mass is 32.2. The van der Waals surface area contributed by atoms with Crippen LogP contribution in [-0.2, 0) is 13.6 Å². The fourth-order valence-electron chi connectivity index (χ4n) is 3.18. The van der Waals surface area contributed by atoms with Crippen LogP contribution in [0.3, 0.4) is 0 Å². The average molecular weight is 433 g/mol. The van der Waals surface area contributed by atoms with Crippen LogP contribution in [0.5, 0.6) is 5.75 Å². The summed E-state index contributed by atoms with van der Waals surface area (Å²) >= 11 is 1.53. The number of nitrogens with one attached hydrogen (secondary N) is 1. The Morgan fingerprint density at radius 2 is 2.03 bits per heavy atom. The van der Waals surface area contributed by atoms with E-state index < -0.39 is 17.4 Å². The number of para-hydroxylation sites is 1. The zero-order valence-electron chi connectivity index (χ0n) is 17.6. The lowest BCUT2D eigenvalue weighted by molar-refractivity contribution is 0.0910. The minimum Gasteiger partial charge on any atom is -0.491 e. The third-order valence-electron chi connectivity index (χ3n) is 4.87. The number of thioether (sulfide) groups is 1. The molecule has 1 aromatic carbocycles. The van der Waals surface area contributed by atoms with E-state index in [9.17, 15) is 14.7 Å². The smallest absolute Gasteiger partial charge is 0.329 e. The van der Waals surface area contributed by atoms with Crippen LogP contribution in [-0.4, -0.2) is 42.7 Å². The number of rotatable bonds is 10. The second-order valence-electron chi connectivity index (χ2n) is 7.28. The average Bonchev–Trinajstić information content (AvgIpc) is 3.07. The number of ether oxygens (including phenoxy) is 1. The molecular formula is C21H28N4O4S. The molecule has 0 aliphatic heterocycles. The molecule has 9 heteroatoms. The molecule has 0 bridgehead atoms. The van der Waals surface area contributed by atoms with Gasteiger partial charge >= 0.3 is 5.69 Å². The molecule has 162 valence electrons. The number of aliphatic hydroxyl groups is 1. The minimum atomic E-state index is -0.853. The molecule has 30 heavy (non-hydrogen) atoms. The number of aliphatic hydroxyl groups excluding tert-OH is 1. The molecule has 3 aromatic rings. The molecule has 1 atom stereocenters. The lowest BCUT2D eigenvalue weighted by atomic mass is 10.2. The lowest BCUT2D eigenvalue weighted by Gasteiger charge is -2.16. The molecule has 2 N–H and O–H groups in total. The Bertz CT molecular complexity index is 1120. The van der Waals surface area contributed by atoms with E-state index in [4.69, 9.17) is 4.74 Å². The predicted molar refractivity (Wildman–Crippen MR) is 119 cm³/mol. The zero-order valence-corrected chi connectivity index (χ0v) is 18.4. The summed E-state index contributed by atoms with van der Waals surface area (Å²) in [7, 11) is 1.57. The highest BCUT2D eigenvalue weighted by Gasteiger charge is 2.20. The van der Waals surface area contributed by atoms with E-state index in [0.29, 0.717) is 16.6 Å². The van der Waals surface area contributed by atoms with Gasteiger partial charge in [-0.1, -0.05) is 49.7 Å². The number of unbranched alkanes of at least 4 members (excludes halogenated alkanes) is 2. The highest BCUT2D eigenvalue weighted by Crippen LogP contribution is 2.23. The van der Waals surface area contributed by atoms with Crippen molar-refractivity contribution in [1.82, 2.24) is 19.1 Å². The van der Waals surface area contributed by atoms with Gasteiger partial charge in [0.2, 0.25) is 0 Å². The first-order chi connectivity index (χ1) is 14.4. The maximum absolute atomic E-state index is 12.5. The molecule has 0 spiro atoms. The van der Waals surface area contributed by atoms with Crippen molar-refractivity contribution in [2.45, 2.75) is 50.9 Å². The van der Waals surface area contributed by atoms with E-state index in [1.807, 2.05) is 31.2 Å². The van der Waals surface area contributed by atoms with Crippen LogP contribution in [0.25, 0.3) is 11.2 Å². The molecule has 0 amide bonds. The molecule has 0 saturated carbocycles. The Morgan fingerprint density at radius 3 is 2.77 bits per heavy atom. The molecule has 0 fully saturated rings. The van der Waals surface area contributed by atoms with Crippen LogP contribution in [0, 0.1) is 6.92 Å². The maximum atomic E-state index is 12.5. The van der Waals surface area contributed by atoms with Crippen molar-refractivity contribution in [3.05, 3.63) is 50.7 Å². The van der Waals surface area contributed by atoms with Crippen LogP contribution in [0.1, 0.15) is 31.7 Å². The largest absolute Gasteiger partial charge is 0.491 e. The minimum absolute atomic E-state index is 0.0775. The second kappa shape index (κ2) is 9.99. The number of aryl methyl sites for hydroxylation is 2. The van der Waals surface area contributed by atoms with Crippen LogP contribution >= 0.6 is 11.8 Å². The highest BCUT2D eigenvalue weighted by molar-refractivity contribution is 7.99. The molecule has 2 heterocycles. The molecule has 8 nitrogen and oxygen atoms in total. The van der Waals surface area contributed by atoms with Crippen LogP contribution < -0.4 is 16.0 Å². The topological polar surface area (TPSA) is 102 Å². The summed E-state index contributed by atoms with van der Waals surface area (Å²) in [4.78, 5) is 31.3. The summed E-state index contributed by atoms with van der Waals surface area (Å²) < 4.78 is 8.76. The Hall–Kier alpha value is -2.52. The Morgan fingerprint density at radius 1 is 1.27 bits per heavy atom. The van der Waals surface area contributed by atoms with Crippen molar-refractivity contribution in [3.8, 4) is 5.75 Å². The maximum Gasteiger partial charge on any atom is 0.329 e. The molecule has 3 rings (SSSR count). The Labute approximate surface area is 178 Å². The fourth-order valence-corrected chi connectivity index (χ4v) is 4.18. The molecular weight excluding hydrogens is 404 g/mol. The fraction of sp³-hybridized carbons (Fsp3) is 0.476. The standard InChI is InChI=1S/C21H28N4O4S/c1-4-5-8-11-30-21-22-18-17(19(27)23-20(28)24(18)3)25(21)12-15(26)13-29-16-10-7-6-9-14(16)2/h6-7,9-10,15,26H,4-5,8,11-13H2,1-3H3,(H,23,27,28)/t15-/m1/s1. The van der Waals surface area contributed by atoms with Gasteiger partial charge in [0.05, 0.1) is 6.54 Å². The van der Waals surface area contributed by atoms with E-state index in [0.717, 1.165) is 30.6 Å². The summed E-state index contributed by atoms with van der Waals surface area (Å²) in [6.45, 7) is 4.30. The first-order valence-corrected chi connectivity index (χ1v) is 11.1. The van der Waals surface area contributed by atoms with Gasteiger partial charge in [-0.3, -0.25) is 14.3 Å². The van der Waals surface area contributed by atoms with E-state index in [1.54, 1.807) is 11.6 Å². The summed E-state index contributed by atoms with van der Waals surface area (Å²) in [5.41, 5.74) is 0.561. The van der Waals surface area contributed by atoms with Gasteiger partial charge in [-0.05, 0) is 25.0 Å². The van der Waals surface area contributed by atoms with Crippen LogP contribution in [0.4, 0.5) is 0 Å². The van der Waals surface area contributed by atoms with Crippen molar-refractivity contribution < 1.29 is 9.84 Å². The van der Waals surface area contributed by atoms with Gasteiger partial charge in [0, 0.05) is 12.8 Å². The number of aromatic nitrogens is 4. The Balaban J connectivity index is 1.86. The molecule has 0 saturated heterocycles. The monoisotopic (exact) mass is 432 g/mol. The van der Waals surface area contributed by atoms with Gasteiger partial charge in [0.15, 0.2) is 16.3 Å². The SMILES string of the molecule is CCCCCSc1nc2c(c(=O)[nH]c(=O)n2C)n1C[C@@H](O)COc1ccccc1C. The number of benzene rings is 1. The number of hydrogen-bond acceptors (Lipinski definition) is 6. The van der Waals surface area contributed by atoms with Gasteiger partial charge in [0.25, 0.3) is 5.56 Å². The van der Waals surface area contributed by atoms with E-state index in [2.05, 4.69) is 16.9 Å². The summed E-state index contributed by atoms with van der Waals surface area (Å²) in [6, 6.07) is 7.60. The summed E-state index contributed by atoms with van der Waals surface area (Å²) in [5.74, 6) is 1.56. The zero-order chi connectivity index (χ0) is 21.7. The van der Waals surface area contributed by atoms with Crippen molar-refractivity contribution in [2.24, 2.45) is 7.05 Å². The number of fused-ring (bicyclic) bond motifs is 1. The molecule has 0 aliphatic rings. The van der Waals surface area contributed by atoms with Crippen molar-refractivity contribution in [2.75, 3.05) is 12.4 Å². The normalized spacial score (nSPS) is 12.4. The quantitative estimate of drug-likeness (QED) is 0.377. The third kappa shape index (κ3) is 4.96. The van der Waals surface area contributed by atoms with Gasteiger partial charge in [-0.25, -0.2) is 9.78 Å². The van der Waals surface area contributed by atoms with E-state index >= 15 is 0 Å². The molecule has 2 aromatic heterocycles. The number of imidazole rings is 1. The first kappa shape index (κ1) is 22.2. The Kier molecular flexibility index (Phi) is 7.38. The molecule has 0 unspecified atom stereocenters. The van der Waals surface area contributed by atoms with Gasteiger partial charge in [0.1, 0.15) is 18.5 Å². The molecule has 0 radical (unpaired) electrons. The van der Waals surface area contributed by atoms with Crippen molar-refractivity contribution >= 4 is 22.9 Å². The summed E-state index contributed by atoms with van der Waals surface area (Å²) in [6.07, 6.45) is 2.39. The van der Waals surface area contributed by atoms with Crippen molar-refractivity contribution in [3.63, 3.8) is 0 Å². The van der Waals surface area contributed by atoms with Gasteiger partial charge < -0.3 is 14.4 Å². The van der Waals surface area contributed by atoms with Crippen LogP contribution in [0.15, 0.2) is 39.0 Å². The second-order valence-corrected chi connectivity index (χ2v) is 8.34. The number of nitrogens with zero attached hydrogens (tertiary/aromatic N) is 3. The number of H-pyrrole nitrogens is 1. The van der Waals surface area contributed by atoms with E-state index in [1.165, 1.54) is 16.3 Å². The van der Waals surface area contributed by atoms with Crippen LogP contribution in [0.2, 0.25) is 0 Å². The first-order valence-electron chi connectivity index (χ1n) is 10.1. The number of aromatic amines is 1. The summed E-state index contributed by atoms with van der Waals surface area (Å²) in [5, 5.41) is 11.2. The van der Waals surface area contributed by atoms with Gasteiger partial charge in [-0.2, -0.15) is 0 Å². The predicted octanol–water partition coefficient (Wildman–Crippen LogP) is 2.45. The number of hydrogen-bond donors (Lipinski definition) is 2. The lowest BCUT2D eigenvalue weighted by Crippen LogP contribution is -2.30.